The average Bonchev–Trinajstić information content (AvgIpc) is 3.14. The fraction of sp³-hybridized carbons (Fsp3) is 0.833. The van der Waals surface area contributed by atoms with Crippen LogP contribution in [0.5, 0.6) is 0 Å². The van der Waals surface area contributed by atoms with E-state index in [9.17, 15) is 23.8 Å². The highest BCUT2D eigenvalue weighted by Crippen LogP contribution is 2.43. The summed E-state index contributed by atoms with van der Waals surface area (Å²) in [6.45, 7) is 4.30. The predicted octanol–water partition coefficient (Wildman–Crippen LogP) is 11.1. The minimum absolute atomic E-state index is 0.160. The molecule has 0 aliphatic heterocycles. The topological polar surface area (TPSA) is 172 Å². The Kier molecular flexibility index (Phi) is 36.4. The van der Waals surface area contributed by atoms with Gasteiger partial charge in [-0.3, -0.25) is 23.4 Å². The Hall–Kier alpha value is -2.04. The van der Waals surface area contributed by atoms with Crippen LogP contribution < -0.4 is 5.73 Å². The second-order valence-electron chi connectivity index (χ2n) is 14.6. The first kappa shape index (κ1) is 52.0. The third kappa shape index (κ3) is 36.9. The number of allylic oxidation sites excluding steroid dienone is 3. The van der Waals surface area contributed by atoms with E-state index < -0.39 is 51.1 Å². The van der Waals surface area contributed by atoms with Gasteiger partial charge in [-0.1, -0.05) is 154 Å². The molecule has 0 bridgehead atoms. The highest BCUT2D eigenvalue weighted by molar-refractivity contribution is 7.47. The summed E-state index contributed by atoms with van der Waals surface area (Å²) in [5, 5.41) is 8.88. The molecule has 0 fully saturated rings. The molecule has 1 unspecified atom stereocenters. The standard InChI is InChI=1S/C42H78NO10P/c1-3-5-7-9-11-13-15-17-19-21-23-25-27-29-31-33-40(44)50-35-38(36-51-54(48,49)52-37-39(43)42(46)47)53-41(45)34-32-30-28-26-24-22-20-18-16-14-12-10-8-6-4-2/h3,10,12,38-39H,1,4-9,11,13-37,43H2,2H3,(H,46,47)(H,48,49)/b12-10+/t38-,39+/m1/s1. The number of carboxylic acids is 1. The van der Waals surface area contributed by atoms with E-state index in [1.165, 1.54) is 116 Å². The van der Waals surface area contributed by atoms with Crippen LogP contribution in [-0.4, -0.2) is 59.9 Å². The van der Waals surface area contributed by atoms with Gasteiger partial charge >= 0.3 is 25.7 Å². The van der Waals surface area contributed by atoms with E-state index in [0.717, 1.165) is 44.9 Å². The maximum atomic E-state index is 12.6. The van der Waals surface area contributed by atoms with E-state index >= 15 is 0 Å². The zero-order chi connectivity index (χ0) is 40.0. The number of esters is 2. The Bertz CT molecular complexity index is 1010. The molecular weight excluding hydrogens is 709 g/mol. The molecular formula is C42H78NO10P. The quantitative estimate of drug-likeness (QED) is 0.0233. The molecule has 0 radical (unpaired) electrons. The van der Waals surface area contributed by atoms with Gasteiger partial charge in [0.15, 0.2) is 6.10 Å². The smallest absolute Gasteiger partial charge is 0.472 e. The molecule has 0 amide bonds. The van der Waals surface area contributed by atoms with Crippen molar-refractivity contribution < 1.29 is 47.5 Å². The minimum Gasteiger partial charge on any atom is -0.480 e. The molecule has 0 aromatic heterocycles. The first-order chi connectivity index (χ1) is 26.1. The van der Waals surface area contributed by atoms with Gasteiger partial charge in [-0.15, -0.1) is 6.58 Å². The molecule has 3 atom stereocenters. The highest BCUT2D eigenvalue weighted by Gasteiger charge is 2.28. The molecule has 316 valence electrons. The van der Waals surface area contributed by atoms with Crippen molar-refractivity contribution in [1.29, 1.82) is 0 Å². The Labute approximate surface area is 328 Å². The van der Waals surface area contributed by atoms with E-state index in [1.807, 2.05) is 6.08 Å². The van der Waals surface area contributed by atoms with Gasteiger partial charge in [0.05, 0.1) is 13.2 Å². The Morgan fingerprint density at radius 1 is 0.611 bits per heavy atom. The van der Waals surface area contributed by atoms with Gasteiger partial charge < -0.3 is 25.2 Å². The number of carbonyl (C=O) groups excluding carboxylic acids is 2. The molecule has 11 nitrogen and oxygen atoms in total. The van der Waals surface area contributed by atoms with Crippen LogP contribution in [0.15, 0.2) is 24.8 Å². The van der Waals surface area contributed by atoms with Crippen LogP contribution in [0.25, 0.3) is 0 Å². The van der Waals surface area contributed by atoms with E-state index in [4.69, 9.17) is 24.8 Å². The minimum atomic E-state index is -4.71. The zero-order valence-corrected chi connectivity index (χ0v) is 34.8. The lowest BCUT2D eigenvalue weighted by Gasteiger charge is -2.20. The molecule has 0 aromatic rings. The van der Waals surface area contributed by atoms with Crippen molar-refractivity contribution in [2.75, 3.05) is 19.8 Å². The number of hydrogen-bond donors (Lipinski definition) is 3. The van der Waals surface area contributed by atoms with Crippen LogP contribution in [0, 0.1) is 0 Å². The molecule has 0 aromatic carbocycles. The number of unbranched alkanes of at least 4 members (excludes halogenated alkanes) is 24. The van der Waals surface area contributed by atoms with E-state index in [2.05, 4.69) is 30.2 Å². The van der Waals surface area contributed by atoms with Gasteiger partial charge in [0.25, 0.3) is 0 Å². The highest BCUT2D eigenvalue weighted by atomic mass is 31.2. The number of carbonyl (C=O) groups is 3. The number of phosphoric acid groups is 1. The summed E-state index contributed by atoms with van der Waals surface area (Å²) in [5.41, 5.74) is 5.33. The predicted molar refractivity (Wildman–Crippen MR) is 217 cm³/mol. The number of phosphoric ester groups is 1. The van der Waals surface area contributed by atoms with Gasteiger partial charge in [-0.2, -0.15) is 0 Å². The number of aliphatic carboxylic acids is 1. The van der Waals surface area contributed by atoms with Gasteiger partial charge in [-0.25, -0.2) is 4.57 Å². The largest absolute Gasteiger partial charge is 0.480 e. The van der Waals surface area contributed by atoms with Crippen molar-refractivity contribution >= 4 is 25.7 Å². The Balaban J connectivity index is 4.34. The fourth-order valence-corrected chi connectivity index (χ4v) is 6.69. The van der Waals surface area contributed by atoms with E-state index in [-0.39, 0.29) is 19.4 Å². The van der Waals surface area contributed by atoms with Crippen LogP contribution in [0.1, 0.15) is 193 Å². The van der Waals surface area contributed by atoms with Crippen molar-refractivity contribution in [1.82, 2.24) is 0 Å². The summed E-state index contributed by atoms with van der Waals surface area (Å²) in [4.78, 5) is 45.9. The molecule has 12 heteroatoms. The van der Waals surface area contributed by atoms with Gasteiger partial charge in [-0.05, 0) is 44.9 Å². The monoisotopic (exact) mass is 788 g/mol. The van der Waals surface area contributed by atoms with Crippen LogP contribution in [-0.2, 0) is 37.5 Å². The lowest BCUT2D eigenvalue weighted by Crippen LogP contribution is -2.34. The first-order valence-electron chi connectivity index (χ1n) is 21.3. The molecule has 0 spiro atoms. The van der Waals surface area contributed by atoms with Crippen LogP contribution in [0.2, 0.25) is 0 Å². The molecule has 0 aliphatic carbocycles. The lowest BCUT2D eigenvalue weighted by molar-refractivity contribution is -0.161. The van der Waals surface area contributed by atoms with Crippen LogP contribution in [0.4, 0.5) is 0 Å². The summed E-state index contributed by atoms with van der Waals surface area (Å²) in [6.07, 6.45) is 37.0. The van der Waals surface area contributed by atoms with Crippen molar-refractivity contribution in [2.45, 2.75) is 205 Å². The van der Waals surface area contributed by atoms with Crippen molar-refractivity contribution in [3.63, 3.8) is 0 Å². The molecule has 0 rings (SSSR count). The SMILES string of the molecule is C=CCCCCCCCCCCCCCCCC(=O)OC[C@H](COP(=O)(O)OC[C@H](N)C(=O)O)OC(=O)CCCCCCCCCCC/C=C/CCCC. The number of ether oxygens (including phenoxy) is 2. The maximum absolute atomic E-state index is 12.6. The molecule has 0 aliphatic rings. The number of hydrogen-bond acceptors (Lipinski definition) is 9. The van der Waals surface area contributed by atoms with Crippen molar-refractivity contribution in [2.24, 2.45) is 5.73 Å². The normalized spacial score (nSPS) is 13.8. The molecule has 0 saturated heterocycles. The summed E-state index contributed by atoms with van der Waals surface area (Å²) in [5.74, 6) is -2.38. The Morgan fingerprint density at radius 2 is 1.02 bits per heavy atom. The fourth-order valence-electron chi connectivity index (χ4n) is 5.91. The lowest BCUT2D eigenvalue weighted by atomic mass is 10.0. The van der Waals surface area contributed by atoms with Gasteiger partial charge in [0, 0.05) is 12.8 Å². The number of nitrogens with two attached hydrogens (primary N) is 1. The summed E-state index contributed by atoms with van der Waals surface area (Å²) < 4.78 is 32.7. The first-order valence-corrected chi connectivity index (χ1v) is 22.8. The Morgan fingerprint density at radius 3 is 1.48 bits per heavy atom. The second-order valence-corrected chi connectivity index (χ2v) is 16.0. The summed E-state index contributed by atoms with van der Waals surface area (Å²) in [7, 11) is -4.71. The third-order valence-electron chi connectivity index (χ3n) is 9.32. The van der Waals surface area contributed by atoms with Gasteiger partial charge in [0.1, 0.15) is 12.6 Å². The summed E-state index contributed by atoms with van der Waals surface area (Å²) in [6, 6.07) is -1.52. The van der Waals surface area contributed by atoms with E-state index in [0.29, 0.717) is 12.8 Å². The van der Waals surface area contributed by atoms with E-state index in [1.54, 1.807) is 0 Å². The van der Waals surface area contributed by atoms with Crippen molar-refractivity contribution in [3.8, 4) is 0 Å². The molecule has 0 heterocycles. The summed E-state index contributed by atoms with van der Waals surface area (Å²) >= 11 is 0. The van der Waals surface area contributed by atoms with Gasteiger partial charge in [0.2, 0.25) is 0 Å². The molecule has 54 heavy (non-hydrogen) atoms. The average molecular weight is 788 g/mol. The molecule has 0 saturated carbocycles. The van der Waals surface area contributed by atoms with Crippen LogP contribution >= 0.6 is 7.82 Å². The zero-order valence-electron chi connectivity index (χ0n) is 33.9. The number of rotatable bonds is 41. The maximum Gasteiger partial charge on any atom is 0.472 e. The third-order valence-corrected chi connectivity index (χ3v) is 10.3. The van der Waals surface area contributed by atoms with Crippen molar-refractivity contribution in [3.05, 3.63) is 24.8 Å². The van der Waals surface area contributed by atoms with Crippen LogP contribution in [0.3, 0.4) is 0 Å². The number of carboxylic acid groups (broad SMARTS) is 1. The molecule has 4 N–H and O–H groups in total. The second kappa shape index (κ2) is 37.9.